The normalized spacial score (nSPS) is 11.5. The van der Waals surface area contributed by atoms with Crippen molar-refractivity contribution in [2.75, 3.05) is 16.3 Å². The summed E-state index contributed by atoms with van der Waals surface area (Å²) in [6, 6.07) is 6.52. The number of hydrogen-bond acceptors (Lipinski definition) is 9. The van der Waals surface area contributed by atoms with Crippen molar-refractivity contribution in [3.8, 4) is 16.4 Å². The number of anilines is 2. The molecular formula is C19H15BrCl2N8O3S2. The van der Waals surface area contributed by atoms with Crippen LogP contribution in [-0.2, 0) is 16.6 Å². The van der Waals surface area contributed by atoms with Gasteiger partial charge in [-0.1, -0.05) is 34.5 Å². The average Bonchev–Trinajstić information content (AvgIpc) is 3.40. The molecular weight excluding hydrogens is 603 g/mol. The number of nitrogens with zero attached hydrogens (tertiary/aromatic N) is 5. The highest BCUT2D eigenvalue weighted by Gasteiger charge is 2.22. The van der Waals surface area contributed by atoms with Crippen molar-refractivity contribution >= 4 is 77.2 Å². The van der Waals surface area contributed by atoms with Crippen LogP contribution in [0.2, 0.25) is 10.0 Å². The van der Waals surface area contributed by atoms with Gasteiger partial charge in [-0.05, 0) is 45.8 Å². The standard InChI is InChI=1S/C19H15BrCl2N8O3S2/c1-35(32,33)29-19-27-26-18(34-19)11-6-10(21)5-9(7-23)14(11)25-17(31)12-8-30(28-15(12)20)16-13(22)3-2-4-24-16/h2-6,8H,7,23H2,1H3,(H,25,31)(H,27,29). The molecule has 4 aromatic rings. The molecule has 11 nitrogen and oxygen atoms in total. The third kappa shape index (κ3) is 5.79. The number of aromatic nitrogens is 5. The molecule has 3 aromatic heterocycles. The molecule has 0 aliphatic carbocycles. The fourth-order valence-corrected chi connectivity index (χ4v) is 5.51. The summed E-state index contributed by atoms with van der Waals surface area (Å²) in [5.74, 6) is -0.157. The Labute approximate surface area is 221 Å². The molecule has 16 heteroatoms. The lowest BCUT2D eigenvalue weighted by Gasteiger charge is -2.14. The summed E-state index contributed by atoms with van der Waals surface area (Å²) in [5, 5.41) is 16.1. The molecule has 0 aliphatic rings. The summed E-state index contributed by atoms with van der Waals surface area (Å²) in [5.41, 5.74) is 7.41. The summed E-state index contributed by atoms with van der Waals surface area (Å²) in [6.07, 6.45) is 4.03. The fourth-order valence-electron chi connectivity index (χ4n) is 3.01. The molecule has 0 radical (unpaired) electrons. The SMILES string of the molecule is CS(=O)(=O)Nc1nnc(-c2cc(Cl)cc(CN)c2NC(=O)c2cn(-c3ncccc3Cl)nc2Br)s1. The Morgan fingerprint density at radius 2 is 2.06 bits per heavy atom. The van der Waals surface area contributed by atoms with Crippen LogP contribution < -0.4 is 15.8 Å². The monoisotopic (exact) mass is 616 g/mol. The summed E-state index contributed by atoms with van der Waals surface area (Å²) in [4.78, 5) is 17.4. The van der Waals surface area contributed by atoms with Gasteiger partial charge in [-0.2, -0.15) is 5.10 Å². The molecule has 0 unspecified atom stereocenters. The van der Waals surface area contributed by atoms with E-state index < -0.39 is 15.9 Å². The first kappa shape index (κ1) is 25.5. The van der Waals surface area contributed by atoms with Crippen LogP contribution in [0.15, 0.2) is 41.3 Å². The highest BCUT2D eigenvalue weighted by atomic mass is 79.9. The van der Waals surface area contributed by atoms with Crippen LogP contribution in [0.4, 0.5) is 10.8 Å². The number of pyridine rings is 1. The number of rotatable bonds is 7. The van der Waals surface area contributed by atoms with Gasteiger partial charge in [0, 0.05) is 29.5 Å². The number of hydrogen-bond donors (Lipinski definition) is 3. The Morgan fingerprint density at radius 1 is 1.29 bits per heavy atom. The molecule has 0 fully saturated rings. The minimum absolute atomic E-state index is 0.0560. The van der Waals surface area contributed by atoms with Crippen LogP contribution in [0, 0.1) is 0 Å². The Bertz CT molecular complexity index is 1540. The minimum atomic E-state index is -3.55. The van der Waals surface area contributed by atoms with Gasteiger partial charge < -0.3 is 11.1 Å². The fraction of sp³-hybridized carbons (Fsp3) is 0.105. The number of halogens is 3. The van der Waals surface area contributed by atoms with E-state index >= 15 is 0 Å². The molecule has 0 bridgehead atoms. The molecule has 0 atom stereocenters. The second-order valence-corrected chi connectivity index (χ2v) is 11.3. The number of carbonyl (C=O) groups is 1. The third-order valence-corrected chi connectivity index (χ3v) is 7.11. The van der Waals surface area contributed by atoms with Crippen molar-refractivity contribution in [1.29, 1.82) is 0 Å². The maximum absolute atomic E-state index is 13.2. The summed E-state index contributed by atoms with van der Waals surface area (Å²) >= 11 is 16.7. The van der Waals surface area contributed by atoms with E-state index in [1.807, 2.05) is 0 Å². The average molecular weight is 618 g/mol. The first-order valence-electron chi connectivity index (χ1n) is 9.57. The third-order valence-electron chi connectivity index (χ3n) is 4.44. The van der Waals surface area contributed by atoms with E-state index in [2.05, 4.69) is 46.2 Å². The molecule has 35 heavy (non-hydrogen) atoms. The second-order valence-electron chi connectivity index (χ2n) is 7.02. The van der Waals surface area contributed by atoms with Crippen LogP contribution in [0.5, 0.6) is 0 Å². The van der Waals surface area contributed by atoms with Crippen LogP contribution >= 0.6 is 50.5 Å². The zero-order valence-electron chi connectivity index (χ0n) is 17.7. The van der Waals surface area contributed by atoms with Crippen molar-refractivity contribution in [3.05, 3.63) is 62.4 Å². The van der Waals surface area contributed by atoms with Crippen molar-refractivity contribution in [1.82, 2.24) is 25.0 Å². The minimum Gasteiger partial charge on any atom is -0.326 e. The highest BCUT2D eigenvalue weighted by Crippen LogP contribution is 2.37. The van der Waals surface area contributed by atoms with Gasteiger partial charge in [-0.15, -0.1) is 10.2 Å². The lowest BCUT2D eigenvalue weighted by atomic mass is 10.1. The van der Waals surface area contributed by atoms with E-state index in [1.54, 1.807) is 30.5 Å². The first-order valence-corrected chi connectivity index (χ1v) is 13.8. The van der Waals surface area contributed by atoms with Gasteiger partial charge in [-0.3, -0.25) is 9.52 Å². The molecule has 1 amide bonds. The number of nitrogens with one attached hydrogen (secondary N) is 2. The zero-order valence-corrected chi connectivity index (χ0v) is 22.4. The maximum atomic E-state index is 13.2. The predicted molar refractivity (Wildman–Crippen MR) is 139 cm³/mol. The maximum Gasteiger partial charge on any atom is 0.260 e. The molecule has 0 spiro atoms. The van der Waals surface area contributed by atoms with Gasteiger partial charge in [0.25, 0.3) is 5.91 Å². The summed E-state index contributed by atoms with van der Waals surface area (Å²) < 4.78 is 27.0. The van der Waals surface area contributed by atoms with E-state index in [0.717, 1.165) is 17.6 Å². The van der Waals surface area contributed by atoms with Crippen molar-refractivity contribution in [2.24, 2.45) is 5.73 Å². The zero-order chi connectivity index (χ0) is 25.3. The predicted octanol–water partition coefficient (Wildman–Crippen LogP) is 3.94. The van der Waals surface area contributed by atoms with E-state index in [1.165, 1.54) is 10.9 Å². The Kier molecular flexibility index (Phi) is 7.40. The van der Waals surface area contributed by atoms with Crippen molar-refractivity contribution in [3.63, 3.8) is 0 Å². The van der Waals surface area contributed by atoms with E-state index in [-0.39, 0.29) is 21.8 Å². The van der Waals surface area contributed by atoms with E-state index in [9.17, 15) is 13.2 Å². The molecule has 1 aromatic carbocycles. The molecule has 4 N–H and O–H groups in total. The van der Waals surface area contributed by atoms with E-state index in [4.69, 9.17) is 28.9 Å². The van der Waals surface area contributed by atoms with Crippen molar-refractivity contribution in [2.45, 2.75) is 6.54 Å². The molecule has 3 heterocycles. The molecule has 182 valence electrons. The van der Waals surface area contributed by atoms with Crippen LogP contribution in [-0.4, -0.2) is 45.5 Å². The number of amides is 1. The smallest absolute Gasteiger partial charge is 0.260 e. The molecule has 0 saturated heterocycles. The van der Waals surface area contributed by atoms with Gasteiger partial charge in [0.15, 0.2) is 10.8 Å². The van der Waals surface area contributed by atoms with Gasteiger partial charge in [-0.25, -0.2) is 18.1 Å². The van der Waals surface area contributed by atoms with Gasteiger partial charge >= 0.3 is 0 Å². The van der Waals surface area contributed by atoms with E-state index in [0.29, 0.717) is 37.7 Å². The highest BCUT2D eigenvalue weighted by molar-refractivity contribution is 9.10. The summed E-state index contributed by atoms with van der Waals surface area (Å²) in [7, 11) is -3.55. The van der Waals surface area contributed by atoms with Crippen molar-refractivity contribution < 1.29 is 13.2 Å². The van der Waals surface area contributed by atoms with Crippen LogP contribution in [0.3, 0.4) is 0 Å². The first-order chi connectivity index (χ1) is 16.6. The molecule has 0 aliphatic heterocycles. The number of benzene rings is 1. The quantitative estimate of drug-likeness (QED) is 0.281. The number of carbonyl (C=O) groups excluding carboxylic acids is 1. The van der Waals surface area contributed by atoms with Crippen LogP contribution in [0.1, 0.15) is 15.9 Å². The van der Waals surface area contributed by atoms with Crippen LogP contribution in [0.25, 0.3) is 16.4 Å². The molecule has 0 saturated carbocycles. The van der Waals surface area contributed by atoms with Gasteiger partial charge in [0.1, 0.15) is 4.60 Å². The second kappa shape index (κ2) is 10.2. The number of nitrogens with two attached hydrogens (primary N) is 1. The Morgan fingerprint density at radius 3 is 2.74 bits per heavy atom. The largest absolute Gasteiger partial charge is 0.326 e. The topological polar surface area (TPSA) is 158 Å². The lowest BCUT2D eigenvalue weighted by molar-refractivity contribution is 0.102. The Hall–Kier alpha value is -2.62. The Balaban J connectivity index is 1.72. The van der Waals surface area contributed by atoms with Gasteiger partial charge in [0.2, 0.25) is 15.2 Å². The lowest BCUT2D eigenvalue weighted by Crippen LogP contribution is -2.15. The van der Waals surface area contributed by atoms with Gasteiger partial charge in [0.05, 0.1) is 22.5 Å². The molecule has 4 rings (SSSR count). The number of sulfonamides is 1. The summed E-state index contributed by atoms with van der Waals surface area (Å²) in [6.45, 7) is 0.0560.